The molecule has 0 unspecified atom stereocenters. The Morgan fingerprint density at radius 3 is 2.53 bits per heavy atom. The zero-order chi connectivity index (χ0) is 13.8. The van der Waals surface area contributed by atoms with Gasteiger partial charge in [-0.1, -0.05) is 28.4 Å². The molecule has 0 radical (unpaired) electrons. The molecule has 2 aromatic rings. The number of nitrogens with zero attached hydrogens (tertiary/aromatic N) is 2. The van der Waals surface area contributed by atoms with Gasteiger partial charge in [-0.05, 0) is 42.8 Å². The molecule has 0 aliphatic rings. The summed E-state index contributed by atoms with van der Waals surface area (Å²) in [6, 6.07) is 8.57. The monoisotopic (exact) mass is 296 g/mol. The SMILES string of the molecule is C/C(=N\O)c1ccc(Oc2ncc(Cl)cc2Cl)cc1. The number of pyridine rings is 1. The topological polar surface area (TPSA) is 54.7 Å². The molecule has 0 fully saturated rings. The van der Waals surface area contributed by atoms with Crippen LogP contribution in [-0.2, 0) is 0 Å². The van der Waals surface area contributed by atoms with Crippen LogP contribution in [0.2, 0.25) is 10.0 Å². The molecule has 0 saturated carbocycles. The molecular weight excluding hydrogens is 287 g/mol. The second-order valence-corrected chi connectivity index (χ2v) is 4.60. The molecule has 19 heavy (non-hydrogen) atoms. The first-order valence-electron chi connectivity index (χ1n) is 5.38. The lowest BCUT2D eigenvalue weighted by molar-refractivity contribution is 0.319. The van der Waals surface area contributed by atoms with Crippen molar-refractivity contribution in [3.63, 3.8) is 0 Å². The minimum atomic E-state index is 0.284. The first-order chi connectivity index (χ1) is 9.10. The number of hydrogen-bond donors (Lipinski definition) is 1. The summed E-state index contributed by atoms with van der Waals surface area (Å²) < 4.78 is 5.53. The maximum absolute atomic E-state index is 8.67. The molecule has 4 nitrogen and oxygen atoms in total. The fraction of sp³-hybridized carbons (Fsp3) is 0.0769. The summed E-state index contributed by atoms with van der Waals surface area (Å²) in [7, 11) is 0. The van der Waals surface area contributed by atoms with Crippen molar-refractivity contribution in [1.82, 2.24) is 4.98 Å². The van der Waals surface area contributed by atoms with Gasteiger partial charge in [-0.2, -0.15) is 0 Å². The summed E-state index contributed by atoms with van der Waals surface area (Å²) in [5.41, 5.74) is 1.32. The van der Waals surface area contributed by atoms with Gasteiger partial charge in [0.2, 0.25) is 5.88 Å². The summed E-state index contributed by atoms with van der Waals surface area (Å²) in [4.78, 5) is 4.00. The van der Waals surface area contributed by atoms with Crippen molar-refractivity contribution in [3.05, 3.63) is 52.1 Å². The van der Waals surface area contributed by atoms with Crippen LogP contribution in [0.15, 0.2) is 41.7 Å². The lowest BCUT2D eigenvalue weighted by atomic mass is 10.1. The summed E-state index contributed by atoms with van der Waals surface area (Å²) in [6.07, 6.45) is 1.46. The predicted molar refractivity (Wildman–Crippen MR) is 74.8 cm³/mol. The van der Waals surface area contributed by atoms with Crippen LogP contribution in [0.25, 0.3) is 0 Å². The second kappa shape index (κ2) is 5.91. The molecule has 0 spiro atoms. The molecule has 98 valence electrons. The highest BCUT2D eigenvalue weighted by Crippen LogP contribution is 2.29. The Balaban J connectivity index is 2.20. The van der Waals surface area contributed by atoms with Crippen LogP contribution in [0, 0.1) is 0 Å². The number of aromatic nitrogens is 1. The van der Waals surface area contributed by atoms with E-state index < -0.39 is 0 Å². The third-order valence-corrected chi connectivity index (χ3v) is 2.89. The average Bonchev–Trinajstić information content (AvgIpc) is 2.42. The van der Waals surface area contributed by atoms with Crippen molar-refractivity contribution < 1.29 is 9.94 Å². The van der Waals surface area contributed by atoms with E-state index in [1.807, 2.05) is 0 Å². The van der Waals surface area contributed by atoms with Gasteiger partial charge in [-0.3, -0.25) is 0 Å². The second-order valence-electron chi connectivity index (χ2n) is 3.75. The van der Waals surface area contributed by atoms with Crippen molar-refractivity contribution in [3.8, 4) is 11.6 Å². The molecule has 0 amide bonds. The van der Waals surface area contributed by atoms with E-state index in [0.29, 0.717) is 21.5 Å². The van der Waals surface area contributed by atoms with Gasteiger partial charge in [0.25, 0.3) is 0 Å². The van der Waals surface area contributed by atoms with E-state index >= 15 is 0 Å². The Labute approximate surface area is 120 Å². The lowest BCUT2D eigenvalue weighted by Gasteiger charge is -2.07. The van der Waals surface area contributed by atoms with Crippen molar-refractivity contribution >= 4 is 28.9 Å². The zero-order valence-electron chi connectivity index (χ0n) is 9.97. The summed E-state index contributed by atoms with van der Waals surface area (Å²) in [6.45, 7) is 1.70. The molecule has 1 N–H and O–H groups in total. The summed E-state index contributed by atoms with van der Waals surface area (Å²) in [5.74, 6) is 0.859. The van der Waals surface area contributed by atoms with Crippen molar-refractivity contribution in [2.24, 2.45) is 5.16 Å². The molecule has 1 heterocycles. The van der Waals surface area contributed by atoms with Crippen molar-refractivity contribution in [2.75, 3.05) is 0 Å². The Hall–Kier alpha value is -1.78. The smallest absolute Gasteiger partial charge is 0.238 e. The van der Waals surface area contributed by atoms with Gasteiger partial charge < -0.3 is 9.94 Å². The van der Waals surface area contributed by atoms with Gasteiger partial charge in [-0.15, -0.1) is 0 Å². The minimum Gasteiger partial charge on any atom is -0.438 e. The van der Waals surface area contributed by atoms with Gasteiger partial charge >= 0.3 is 0 Å². The van der Waals surface area contributed by atoms with Crippen LogP contribution in [0.5, 0.6) is 11.6 Å². The van der Waals surface area contributed by atoms with E-state index in [1.165, 1.54) is 6.20 Å². The summed E-state index contributed by atoms with van der Waals surface area (Å²) in [5, 5.41) is 12.6. The molecule has 6 heteroatoms. The number of oxime groups is 1. The van der Waals surface area contributed by atoms with Crippen LogP contribution in [0.1, 0.15) is 12.5 Å². The predicted octanol–water partition coefficient (Wildman–Crippen LogP) is 4.38. The highest BCUT2D eigenvalue weighted by atomic mass is 35.5. The normalized spacial score (nSPS) is 11.4. The third kappa shape index (κ3) is 3.36. The Morgan fingerprint density at radius 1 is 1.26 bits per heavy atom. The zero-order valence-corrected chi connectivity index (χ0v) is 11.5. The fourth-order valence-electron chi connectivity index (χ4n) is 1.41. The molecule has 0 aliphatic heterocycles. The quantitative estimate of drug-likeness (QED) is 0.519. The number of halogens is 2. The highest BCUT2D eigenvalue weighted by Gasteiger charge is 2.06. The van der Waals surface area contributed by atoms with E-state index in [4.69, 9.17) is 33.1 Å². The first-order valence-corrected chi connectivity index (χ1v) is 6.13. The van der Waals surface area contributed by atoms with E-state index in [-0.39, 0.29) is 5.88 Å². The van der Waals surface area contributed by atoms with Crippen LogP contribution in [-0.4, -0.2) is 15.9 Å². The van der Waals surface area contributed by atoms with E-state index in [2.05, 4.69) is 10.1 Å². The van der Waals surface area contributed by atoms with Gasteiger partial charge in [0.15, 0.2) is 0 Å². The van der Waals surface area contributed by atoms with Gasteiger partial charge in [0, 0.05) is 6.20 Å². The fourth-order valence-corrected chi connectivity index (χ4v) is 1.83. The molecular formula is C13H10Cl2N2O2. The number of rotatable bonds is 3. The number of benzene rings is 1. The Bertz CT molecular complexity index is 613. The Kier molecular flexibility index (Phi) is 4.24. The third-order valence-electron chi connectivity index (χ3n) is 2.41. The highest BCUT2D eigenvalue weighted by molar-refractivity contribution is 6.35. The Morgan fingerprint density at radius 2 is 1.95 bits per heavy atom. The van der Waals surface area contributed by atoms with Crippen molar-refractivity contribution in [1.29, 1.82) is 0 Å². The van der Waals surface area contributed by atoms with Crippen LogP contribution >= 0.6 is 23.2 Å². The molecule has 0 saturated heterocycles. The minimum absolute atomic E-state index is 0.284. The first kappa shape index (κ1) is 13.6. The van der Waals surface area contributed by atoms with Gasteiger partial charge in [0.1, 0.15) is 10.8 Å². The van der Waals surface area contributed by atoms with Crippen LogP contribution in [0.4, 0.5) is 0 Å². The molecule has 1 aromatic heterocycles. The van der Waals surface area contributed by atoms with Gasteiger partial charge in [-0.25, -0.2) is 4.98 Å². The number of hydrogen-bond acceptors (Lipinski definition) is 4. The van der Waals surface area contributed by atoms with E-state index in [1.54, 1.807) is 37.3 Å². The maximum Gasteiger partial charge on any atom is 0.238 e. The lowest BCUT2D eigenvalue weighted by Crippen LogP contribution is -1.94. The standard InChI is InChI=1S/C13H10Cl2N2O2/c1-8(17-18)9-2-4-11(5-3-9)19-13-12(15)6-10(14)7-16-13/h2-7,18H,1H3/b17-8+. The van der Waals surface area contributed by atoms with Gasteiger partial charge in [0.05, 0.1) is 10.7 Å². The molecule has 1 aromatic carbocycles. The largest absolute Gasteiger partial charge is 0.438 e. The van der Waals surface area contributed by atoms with E-state index in [0.717, 1.165) is 5.56 Å². The molecule has 0 atom stereocenters. The summed E-state index contributed by atoms with van der Waals surface area (Å²) >= 11 is 11.7. The molecule has 0 bridgehead atoms. The maximum atomic E-state index is 8.67. The van der Waals surface area contributed by atoms with E-state index in [9.17, 15) is 0 Å². The molecule has 2 rings (SSSR count). The number of ether oxygens (including phenoxy) is 1. The van der Waals surface area contributed by atoms with Crippen LogP contribution in [0.3, 0.4) is 0 Å². The van der Waals surface area contributed by atoms with Crippen LogP contribution < -0.4 is 4.74 Å². The van der Waals surface area contributed by atoms with Crippen molar-refractivity contribution in [2.45, 2.75) is 6.92 Å². The average molecular weight is 297 g/mol. The molecule has 0 aliphatic carbocycles.